The number of hydrogen-bond donors (Lipinski definition) is 3. The van der Waals surface area contributed by atoms with Crippen molar-refractivity contribution in [1.82, 2.24) is 14.9 Å². The molecule has 11 nitrogen and oxygen atoms in total. The van der Waals surface area contributed by atoms with E-state index in [9.17, 15) is 27.9 Å². The Labute approximate surface area is 229 Å². The molecule has 3 amide bonds. The van der Waals surface area contributed by atoms with Crippen LogP contribution < -0.4 is 14.9 Å². The topological polar surface area (TPSA) is 145 Å². The third-order valence-electron chi connectivity index (χ3n) is 6.36. The summed E-state index contributed by atoms with van der Waals surface area (Å²) in [5, 5.41) is 12.5. The van der Waals surface area contributed by atoms with Gasteiger partial charge in [-0.15, -0.1) is 11.3 Å². The van der Waals surface area contributed by atoms with E-state index < -0.39 is 34.0 Å². The molecule has 4 rings (SSSR count). The minimum absolute atomic E-state index is 0.0626. The number of nitrogens with one attached hydrogen (secondary N) is 2. The van der Waals surface area contributed by atoms with Crippen LogP contribution in [0.4, 0.5) is 5.69 Å². The van der Waals surface area contributed by atoms with E-state index in [-0.39, 0.29) is 37.0 Å². The molecule has 2 fully saturated rings. The Morgan fingerprint density at radius 3 is 2.68 bits per heavy atom. The highest BCUT2D eigenvalue weighted by atomic mass is 35.5. The van der Waals surface area contributed by atoms with Crippen LogP contribution >= 0.6 is 22.9 Å². The summed E-state index contributed by atoms with van der Waals surface area (Å²) in [6.07, 6.45) is -0.0152. The fraction of sp³-hybridized carbons (Fsp3) is 0.458. The molecule has 2 aliphatic heterocycles. The highest BCUT2D eigenvalue weighted by molar-refractivity contribution is 7.89. The summed E-state index contributed by atoms with van der Waals surface area (Å²) in [5.41, 5.74) is 0.896. The number of carbonyl (C=O) groups excluding carboxylic acids is 3. The molecule has 0 radical (unpaired) electrons. The largest absolute Gasteiger partial charge is 0.391 e. The van der Waals surface area contributed by atoms with Crippen molar-refractivity contribution >= 4 is 56.4 Å². The SMILES string of the molecule is CCc1c(N2CCOCC2=O)cccc1S(=O)(=O)N[C@@H](CNC(=O)c1ccc(Cl)s1)C(=O)N1CC[C@@H](O)C1. The molecule has 3 N–H and O–H groups in total. The second-order valence-electron chi connectivity index (χ2n) is 8.92. The van der Waals surface area contributed by atoms with Gasteiger partial charge in [-0.2, -0.15) is 4.72 Å². The molecule has 0 bridgehead atoms. The number of amides is 3. The van der Waals surface area contributed by atoms with Gasteiger partial charge in [0.1, 0.15) is 12.6 Å². The van der Waals surface area contributed by atoms with Gasteiger partial charge in [-0.1, -0.05) is 24.6 Å². The van der Waals surface area contributed by atoms with Crippen molar-refractivity contribution in [3.8, 4) is 0 Å². The van der Waals surface area contributed by atoms with Gasteiger partial charge in [0.15, 0.2) is 0 Å². The minimum Gasteiger partial charge on any atom is -0.391 e. The van der Waals surface area contributed by atoms with Crippen molar-refractivity contribution in [2.75, 3.05) is 44.3 Å². The zero-order valence-electron chi connectivity index (χ0n) is 20.7. The normalized spacial score (nSPS) is 19.0. The van der Waals surface area contributed by atoms with E-state index in [1.807, 2.05) is 0 Å². The average molecular weight is 585 g/mol. The number of halogens is 1. The number of ether oxygens (including phenoxy) is 1. The van der Waals surface area contributed by atoms with Crippen LogP contribution in [-0.2, 0) is 30.8 Å². The highest BCUT2D eigenvalue weighted by Gasteiger charge is 2.35. The number of carbonyl (C=O) groups is 3. The number of aliphatic hydroxyl groups is 1. The van der Waals surface area contributed by atoms with Crippen LogP contribution in [0.15, 0.2) is 35.2 Å². The van der Waals surface area contributed by atoms with Crippen molar-refractivity contribution in [1.29, 1.82) is 0 Å². The van der Waals surface area contributed by atoms with Crippen LogP contribution in [0, 0.1) is 0 Å². The molecule has 1 aromatic heterocycles. The number of rotatable bonds is 9. The summed E-state index contributed by atoms with van der Waals surface area (Å²) in [5.74, 6) is -1.33. The molecule has 0 aliphatic carbocycles. The molecule has 2 aliphatic rings. The second-order valence-corrected chi connectivity index (χ2v) is 12.3. The van der Waals surface area contributed by atoms with Crippen molar-refractivity contribution in [2.45, 2.75) is 36.8 Å². The summed E-state index contributed by atoms with van der Waals surface area (Å²) in [7, 11) is -4.28. The number of aliphatic hydroxyl groups excluding tert-OH is 1. The van der Waals surface area contributed by atoms with Crippen LogP contribution in [0.2, 0.25) is 4.34 Å². The van der Waals surface area contributed by atoms with Crippen LogP contribution in [0.5, 0.6) is 0 Å². The number of hydrogen-bond acceptors (Lipinski definition) is 8. The van der Waals surface area contributed by atoms with E-state index in [0.29, 0.717) is 46.5 Å². The second kappa shape index (κ2) is 12.1. The Balaban J connectivity index is 1.61. The van der Waals surface area contributed by atoms with E-state index in [1.165, 1.54) is 21.9 Å². The van der Waals surface area contributed by atoms with E-state index in [0.717, 1.165) is 11.3 Å². The zero-order valence-corrected chi connectivity index (χ0v) is 23.1. The zero-order chi connectivity index (χ0) is 27.4. The van der Waals surface area contributed by atoms with E-state index in [4.69, 9.17) is 16.3 Å². The van der Waals surface area contributed by atoms with Gasteiger partial charge in [0.05, 0.1) is 26.8 Å². The van der Waals surface area contributed by atoms with Crippen LogP contribution in [0.25, 0.3) is 0 Å². The van der Waals surface area contributed by atoms with Gasteiger partial charge in [0.25, 0.3) is 11.8 Å². The number of morpholine rings is 1. The minimum atomic E-state index is -4.28. The number of likely N-dealkylation sites (tertiary alicyclic amines) is 1. The summed E-state index contributed by atoms with van der Waals surface area (Å²) >= 11 is 6.97. The average Bonchev–Trinajstić information content (AvgIpc) is 3.54. The molecule has 14 heteroatoms. The lowest BCUT2D eigenvalue weighted by molar-refractivity contribution is -0.132. The first-order valence-corrected chi connectivity index (χ1v) is 14.8. The molecule has 1 aromatic carbocycles. The summed E-state index contributed by atoms with van der Waals surface area (Å²) < 4.78 is 35.4. The standard InChI is InChI=1S/C24H29ClN4O7S2/c1-2-16-18(29-10-11-36-14-22(29)31)4-3-5-20(16)38(34,35)27-17(24(33)28-9-8-15(30)13-28)12-26-23(32)19-6-7-21(25)37-19/h3-7,15,17,27,30H,2,8-14H2,1H3,(H,26,32)/t15-,17+/m1/s1. The third-order valence-corrected chi connectivity index (χ3v) is 9.15. The van der Waals surface area contributed by atoms with Crippen LogP contribution in [0.3, 0.4) is 0 Å². The predicted octanol–water partition coefficient (Wildman–Crippen LogP) is 0.997. The fourth-order valence-electron chi connectivity index (χ4n) is 4.50. The van der Waals surface area contributed by atoms with Gasteiger partial charge >= 0.3 is 0 Å². The van der Waals surface area contributed by atoms with Gasteiger partial charge in [-0.3, -0.25) is 14.4 Å². The van der Waals surface area contributed by atoms with Crippen LogP contribution in [0.1, 0.15) is 28.6 Å². The third kappa shape index (κ3) is 6.35. The quantitative estimate of drug-likeness (QED) is 0.398. The van der Waals surface area contributed by atoms with E-state index in [1.54, 1.807) is 25.1 Å². The smallest absolute Gasteiger partial charge is 0.261 e. The molecular weight excluding hydrogens is 556 g/mol. The van der Waals surface area contributed by atoms with Gasteiger partial charge in [-0.25, -0.2) is 8.42 Å². The van der Waals surface area contributed by atoms with Crippen molar-refractivity contribution in [3.63, 3.8) is 0 Å². The molecule has 0 saturated carbocycles. The molecule has 0 spiro atoms. The maximum atomic E-state index is 13.7. The van der Waals surface area contributed by atoms with Gasteiger partial charge < -0.3 is 25.0 Å². The lowest BCUT2D eigenvalue weighted by atomic mass is 10.1. The van der Waals surface area contributed by atoms with Crippen molar-refractivity contribution in [3.05, 3.63) is 45.1 Å². The summed E-state index contributed by atoms with van der Waals surface area (Å²) in [6.45, 7) is 2.33. The number of thiophene rings is 1. The van der Waals surface area contributed by atoms with Gasteiger partial charge in [-0.05, 0) is 42.7 Å². The predicted molar refractivity (Wildman–Crippen MR) is 142 cm³/mol. The molecule has 2 atom stereocenters. The first kappa shape index (κ1) is 28.5. The fourth-order valence-corrected chi connectivity index (χ4v) is 6.97. The molecular formula is C24H29ClN4O7S2. The maximum absolute atomic E-state index is 13.7. The Morgan fingerprint density at radius 1 is 1.26 bits per heavy atom. The molecule has 38 heavy (non-hydrogen) atoms. The monoisotopic (exact) mass is 584 g/mol. The first-order valence-electron chi connectivity index (χ1n) is 12.1. The number of nitrogens with zero attached hydrogens (tertiary/aromatic N) is 2. The highest BCUT2D eigenvalue weighted by Crippen LogP contribution is 2.29. The Bertz CT molecular complexity index is 1320. The first-order chi connectivity index (χ1) is 18.1. The Hall–Kier alpha value is -2.55. The van der Waals surface area contributed by atoms with Gasteiger partial charge in [0.2, 0.25) is 15.9 Å². The van der Waals surface area contributed by atoms with E-state index in [2.05, 4.69) is 10.0 Å². The Kier molecular flexibility index (Phi) is 9.06. The number of benzene rings is 1. The van der Waals surface area contributed by atoms with Crippen molar-refractivity contribution in [2.24, 2.45) is 0 Å². The van der Waals surface area contributed by atoms with Crippen LogP contribution in [-0.4, -0.2) is 87.7 Å². The number of sulfonamides is 1. The summed E-state index contributed by atoms with van der Waals surface area (Å²) in [4.78, 5) is 41.5. The van der Waals surface area contributed by atoms with Crippen molar-refractivity contribution < 1.29 is 32.6 Å². The number of anilines is 1. The molecule has 2 saturated heterocycles. The molecule has 2 aromatic rings. The molecule has 3 heterocycles. The van der Waals surface area contributed by atoms with Gasteiger partial charge in [0, 0.05) is 31.9 Å². The molecule has 206 valence electrons. The lowest BCUT2D eigenvalue weighted by Gasteiger charge is -2.30. The lowest BCUT2D eigenvalue weighted by Crippen LogP contribution is -2.53. The Morgan fingerprint density at radius 2 is 2.05 bits per heavy atom. The number of β-amino-alcohol motifs (C(OH)–C–C–N with tert-alkyl or cyclic N) is 1. The molecule has 0 unspecified atom stereocenters. The van der Waals surface area contributed by atoms with E-state index >= 15 is 0 Å². The summed E-state index contributed by atoms with van der Waals surface area (Å²) in [6, 6.07) is 6.41. The maximum Gasteiger partial charge on any atom is 0.261 e.